The molecule has 142 valence electrons. The predicted molar refractivity (Wildman–Crippen MR) is 88.4 cm³/mol. The second-order valence-corrected chi connectivity index (χ2v) is 5.56. The average molecular weight is 369 g/mol. The van der Waals surface area contributed by atoms with E-state index >= 15 is 0 Å². The van der Waals surface area contributed by atoms with Gasteiger partial charge in [0.05, 0.1) is 12.2 Å². The van der Waals surface area contributed by atoms with E-state index in [2.05, 4.69) is 10.4 Å². The summed E-state index contributed by atoms with van der Waals surface area (Å²) in [4.78, 5) is 25.0. The molecule has 9 heteroatoms. The van der Waals surface area contributed by atoms with E-state index in [0.29, 0.717) is 0 Å². The Hall–Kier alpha value is -2.55. The van der Waals surface area contributed by atoms with Gasteiger partial charge in [0.1, 0.15) is 11.6 Å². The van der Waals surface area contributed by atoms with Crippen LogP contribution in [0.1, 0.15) is 36.3 Å². The minimum Gasteiger partial charge on any atom is -0.465 e. The summed E-state index contributed by atoms with van der Waals surface area (Å²) in [6, 6.07) is 0. The van der Waals surface area contributed by atoms with Crippen molar-refractivity contribution >= 4 is 11.9 Å². The van der Waals surface area contributed by atoms with Crippen LogP contribution < -0.4 is 5.32 Å². The molecule has 0 fully saturated rings. The monoisotopic (exact) mass is 369 g/mol. The number of aryl methyl sites for hydroxylation is 1. The Balaban J connectivity index is 2.37. The lowest BCUT2D eigenvalue weighted by molar-refractivity contribution is -0.157. The van der Waals surface area contributed by atoms with E-state index in [4.69, 9.17) is 9.47 Å². The molecule has 1 aromatic rings. The highest BCUT2D eigenvalue weighted by Crippen LogP contribution is 2.29. The summed E-state index contributed by atoms with van der Waals surface area (Å²) in [5.74, 6) is -2.37. The molecular weight excluding hydrogens is 348 g/mol. The Morgan fingerprint density at radius 2 is 2.08 bits per heavy atom. The maximum absolute atomic E-state index is 13.1. The molecule has 1 aliphatic rings. The first-order valence-electron chi connectivity index (χ1n) is 8.15. The number of amides is 1. The van der Waals surface area contributed by atoms with Gasteiger partial charge in [0.15, 0.2) is 5.72 Å². The van der Waals surface area contributed by atoms with Gasteiger partial charge in [-0.3, -0.25) is 14.3 Å². The van der Waals surface area contributed by atoms with E-state index in [9.17, 15) is 18.4 Å². The van der Waals surface area contributed by atoms with Crippen molar-refractivity contribution in [3.8, 4) is 0 Å². The van der Waals surface area contributed by atoms with Gasteiger partial charge < -0.3 is 14.8 Å². The third kappa shape index (κ3) is 3.98. The molecule has 2 atom stereocenters. The van der Waals surface area contributed by atoms with Gasteiger partial charge in [-0.15, -0.1) is 0 Å². The standard InChI is InChI=1S/C17H21F2N3O4/c1-4-25-16(24)12-8-6-7-9-17(12,26-5-2)20-15(23)11-10-22(3)21-13(11)14(18)19/h6-10,12,14H,4-5H2,1-3H3,(H,20,23). The fourth-order valence-corrected chi connectivity index (χ4v) is 2.72. The Morgan fingerprint density at radius 3 is 2.69 bits per heavy atom. The first kappa shape index (κ1) is 19.8. The second-order valence-electron chi connectivity index (χ2n) is 5.56. The van der Waals surface area contributed by atoms with Crippen LogP contribution in [0.3, 0.4) is 0 Å². The zero-order chi connectivity index (χ0) is 19.3. The van der Waals surface area contributed by atoms with Crippen LogP contribution in [0.5, 0.6) is 0 Å². The van der Waals surface area contributed by atoms with Crippen molar-refractivity contribution in [3.63, 3.8) is 0 Å². The Morgan fingerprint density at radius 1 is 1.35 bits per heavy atom. The molecule has 1 aliphatic carbocycles. The maximum atomic E-state index is 13.1. The lowest BCUT2D eigenvalue weighted by Crippen LogP contribution is -2.57. The summed E-state index contributed by atoms with van der Waals surface area (Å²) in [6.07, 6.45) is 4.53. The van der Waals surface area contributed by atoms with Crippen LogP contribution in [0, 0.1) is 5.92 Å². The molecule has 0 aliphatic heterocycles. The van der Waals surface area contributed by atoms with Gasteiger partial charge in [-0.1, -0.05) is 18.2 Å². The van der Waals surface area contributed by atoms with Crippen molar-refractivity contribution in [2.24, 2.45) is 13.0 Å². The van der Waals surface area contributed by atoms with Crippen LogP contribution in [0.4, 0.5) is 8.78 Å². The minimum absolute atomic E-state index is 0.154. The number of carbonyl (C=O) groups excluding carboxylic acids is 2. The zero-order valence-electron chi connectivity index (χ0n) is 14.7. The highest BCUT2D eigenvalue weighted by Gasteiger charge is 2.44. The van der Waals surface area contributed by atoms with Crippen LogP contribution >= 0.6 is 0 Å². The topological polar surface area (TPSA) is 82.5 Å². The molecule has 0 bridgehead atoms. The number of nitrogens with one attached hydrogen (secondary N) is 1. The second kappa shape index (κ2) is 8.22. The third-order valence-corrected chi connectivity index (χ3v) is 3.76. The molecule has 7 nitrogen and oxygen atoms in total. The van der Waals surface area contributed by atoms with Gasteiger partial charge in [0.25, 0.3) is 12.3 Å². The molecule has 1 amide bonds. The number of hydrogen-bond acceptors (Lipinski definition) is 5. The van der Waals surface area contributed by atoms with E-state index in [-0.39, 0.29) is 18.8 Å². The number of carbonyl (C=O) groups is 2. The van der Waals surface area contributed by atoms with Gasteiger partial charge in [0.2, 0.25) is 0 Å². The van der Waals surface area contributed by atoms with Gasteiger partial charge in [0, 0.05) is 19.9 Å². The quantitative estimate of drug-likeness (QED) is 0.588. The summed E-state index contributed by atoms with van der Waals surface area (Å²) < 4.78 is 38.1. The van der Waals surface area contributed by atoms with E-state index in [1.807, 2.05) is 0 Å². The van der Waals surface area contributed by atoms with E-state index in [1.54, 1.807) is 26.0 Å². The maximum Gasteiger partial charge on any atom is 0.318 e. The highest BCUT2D eigenvalue weighted by molar-refractivity contribution is 5.96. The Bertz CT molecular complexity index is 730. The fourth-order valence-electron chi connectivity index (χ4n) is 2.72. The Kier molecular flexibility index (Phi) is 6.25. The molecule has 1 N–H and O–H groups in total. The molecule has 0 spiro atoms. The van der Waals surface area contributed by atoms with Crippen LogP contribution in [-0.2, 0) is 21.3 Å². The summed E-state index contributed by atoms with van der Waals surface area (Å²) >= 11 is 0. The van der Waals surface area contributed by atoms with Crippen molar-refractivity contribution in [2.75, 3.05) is 13.2 Å². The highest BCUT2D eigenvalue weighted by atomic mass is 19.3. The number of aromatic nitrogens is 2. The van der Waals surface area contributed by atoms with Crippen molar-refractivity contribution in [2.45, 2.75) is 26.0 Å². The van der Waals surface area contributed by atoms with Crippen LogP contribution in [-0.4, -0.2) is 40.6 Å². The van der Waals surface area contributed by atoms with Crippen molar-refractivity contribution in [1.82, 2.24) is 15.1 Å². The molecule has 1 aromatic heterocycles. The zero-order valence-corrected chi connectivity index (χ0v) is 14.7. The van der Waals surface area contributed by atoms with E-state index < -0.39 is 35.6 Å². The van der Waals surface area contributed by atoms with Crippen LogP contribution in [0.25, 0.3) is 0 Å². The summed E-state index contributed by atoms with van der Waals surface area (Å²) in [5, 5.41) is 6.18. The minimum atomic E-state index is -2.91. The molecular formula is C17H21F2N3O4. The van der Waals surface area contributed by atoms with E-state index in [1.165, 1.54) is 25.4 Å². The first-order valence-corrected chi connectivity index (χ1v) is 8.15. The van der Waals surface area contributed by atoms with Gasteiger partial charge >= 0.3 is 5.97 Å². The number of esters is 1. The lowest BCUT2D eigenvalue weighted by atomic mass is 9.90. The van der Waals surface area contributed by atoms with E-state index in [0.717, 1.165) is 4.68 Å². The number of alkyl halides is 2. The molecule has 2 rings (SSSR count). The van der Waals surface area contributed by atoms with Crippen molar-refractivity contribution < 1.29 is 27.8 Å². The first-order chi connectivity index (χ1) is 12.3. The van der Waals surface area contributed by atoms with Crippen molar-refractivity contribution in [1.29, 1.82) is 0 Å². The van der Waals surface area contributed by atoms with Gasteiger partial charge in [-0.2, -0.15) is 5.10 Å². The molecule has 0 saturated carbocycles. The number of rotatable bonds is 7. The molecule has 0 saturated heterocycles. The number of hydrogen-bond donors (Lipinski definition) is 1. The van der Waals surface area contributed by atoms with Crippen LogP contribution in [0.2, 0.25) is 0 Å². The summed E-state index contributed by atoms with van der Waals surface area (Å²) in [6.45, 7) is 3.67. The summed E-state index contributed by atoms with van der Waals surface area (Å²) in [5.41, 5.74) is -2.46. The molecule has 0 radical (unpaired) electrons. The SMILES string of the molecule is CCOC(=O)C1C=CC=CC1(NC(=O)c1cn(C)nc1C(F)F)OCC. The number of ether oxygens (including phenoxy) is 2. The smallest absolute Gasteiger partial charge is 0.318 e. The predicted octanol–water partition coefficient (Wildman–Crippen LogP) is 2.13. The number of halogens is 2. The molecule has 26 heavy (non-hydrogen) atoms. The van der Waals surface area contributed by atoms with Crippen molar-refractivity contribution in [3.05, 3.63) is 41.8 Å². The largest absolute Gasteiger partial charge is 0.465 e. The normalized spacial score (nSPS) is 21.8. The molecule has 0 aromatic carbocycles. The molecule has 2 unspecified atom stereocenters. The van der Waals surface area contributed by atoms with Gasteiger partial charge in [-0.25, -0.2) is 8.78 Å². The lowest BCUT2D eigenvalue weighted by Gasteiger charge is -2.37. The number of nitrogens with zero attached hydrogens (tertiary/aromatic N) is 2. The Labute approximate surface area is 149 Å². The van der Waals surface area contributed by atoms with Gasteiger partial charge in [-0.05, 0) is 19.9 Å². The third-order valence-electron chi connectivity index (χ3n) is 3.76. The molecule has 1 heterocycles. The van der Waals surface area contributed by atoms with Crippen LogP contribution in [0.15, 0.2) is 30.5 Å². The summed E-state index contributed by atoms with van der Waals surface area (Å²) in [7, 11) is 1.44. The number of allylic oxidation sites excluding steroid dienone is 2. The fraction of sp³-hybridized carbons (Fsp3) is 0.471. The average Bonchev–Trinajstić information content (AvgIpc) is 2.98.